The Balaban J connectivity index is 0.797. The lowest BCUT2D eigenvalue weighted by atomic mass is 10.0. The summed E-state index contributed by atoms with van der Waals surface area (Å²) in [5.41, 5.74) is 3.24. The van der Waals surface area contributed by atoms with Crippen LogP contribution in [0.5, 0.6) is 11.5 Å². The first-order valence-electron chi connectivity index (χ1n) is 24.7. The molecule has 15 nitrogen and oxygen atoms in total. The predicted molar refractivity (Wildman–Crippen MR) is 280 cm³/mol. The van der Waals surface area contributed by atoms with Crippen LogP contribution in [0.25, 0.3) is 10.4 Å². The highest BCUT2D eigenvalue weighted by Gasteiger charge is 2.51. The number of thiazole rings is 1. The molecule has 0 saturated carbocycles. The van der Waals surface area contributed by atoms with Crippen LogP contribution in [0.1, 0.15) is 91.7 Å². The van der Waals surface area contributed by atoms with E-state index in [2.05, 4.69) is 10.3 Å². The van der Waals surface area contributed by atoms with E-state index in [0.29, 0.717) is 75.0 Å². The van der Waals surface area contributed by atoms with Gasteiger partial charge in [0.15, 0.2) is 5.11 Å². The molecule has 3 atom stereocenters. The molecular formula is C55H58F3N7O8S2. The number of aliphatic hydroxyl groups excluding tert-OH is 1. The molecule has 3 aliphatic rings. The minimum absolute atomic E-state index is 0.00525. The van der Waals surface area contributed by atoms with Crippen molar-refractivity contribution in [1.29, 1.82) is 5.26 Å². The number of anilines is 2. The maximum atomic E-state index is 14.3. The Labute approximate surface area is 442 Å². The number of aliphatic hydroxyl groups is 1. The number of alkyl halides is 3. The van der Waals surface area contributed by atoms with E-state index < -0.39 is 52.8 Å². The Hall–Kier alpha value is -6.92. The fourth-order valence-corrected chi connectivity index (χ4v) is 11.0. The summed E-state index contributed by atoms with van der Waals surface area (Å²) in [5.74, 6) is -0.630. The third-order valence-corrected chi connectivity index (χ3v) is 14.9. The van der Waals surface area contributed by atoms with Gasteiger partial charge in [0.2, 0.25) is 11.8 Å². The zero-order valence-electron chi connectivity index (χ0n) is 42.2. The third kappa shape index (κ3) is 11.7. The van der Waals surface area contributed by atoms with Crippen molar-refractivity contribution >= 4 is 63.7 Å². The standard InChI is InChI=1S/C55H58F3N7O8S2/c1-33(2)47(63-30-38-11-6-7-12-43(38)50(63)68)51(69)62-31-41(66)27-45(62)49(67)60-29-37-14-13-35(48-34(3)61-32-75-48)25-46(37)73-23-9-8-21-71-22-10-24-72-42-19-17-39(18-20-42)65-53(74)64(52(70)54(65,4)5)40-16-15-36(28-59)44(26-40)55(56,57)58/h6-7,11-20,25-26,32-33,41,45,47,66H,8-10,21-24,27,29-31H2,1-5H3,(H,60,67)/t41-,45+,47+/m1/s1. The number of nitrogens with zero attached hydrogens (tertiary/aromatic N) is 6. The summed E-state index contributed by atoms with van der Waals surface area (Å²) in [6, 6.07) is 22.8. The van der Waals surface area contributed by atoms with E-state index in [1.54, 1.807) is 71.6 Å². The molecule has 0 aliphatic carbocycles. The summed E-state index contributed by atoms with van der Waals surface area (Å²) in [6.45, 7) is 11.0. The minimum Gasteiger partial charge on any atom is -0.494 e. The first kappa shape index (κ1) is 54.3. The number of halogens is 3. The van der Waals surface area contributed by atoms with Crippen molar-refractivity contribution in [2.24, 2.45) is 5.92 Å². The molecule has 75 heavy (non-hydrogen) atoms. The highest BCUT2D eigenvalue weighted by molar-refractivity contribution is 7.81. The number of hydrogen-bond acceptors (Lipinski definition) is 12. The first-order valence-corrected chi connectivity index (χ1v) is 26.0. The largest absolute Gasteiger partial charge is 0.494 e. The van der Waals surface area contributed by atoms with Crippen molar-refractivity contribution in [1.82, 2.24) is 20.1 Å². The summed E-state index contributed by atoms with van der Waals surface area (Å²) in [4.78, 5) is 66.2. The average molecular weight is 1070 g/mol. The summed E-state index contributed by atoms with van der Waals surface area (Å²) in [7, 11) is 0. The number of β-amino-alcohol motifs (C(OH)–C–C–N with tert-alkyl or cyclic N) is 1. The first-order chi connectivity index (χ1) is 35.8. The number of aryl methyl sites for hydroxylation is 1. The molecule has 0 radical (unpaired) electrons. The summed E-state index contributed by atoms with van der Waals surface area (Å²) >= 11 is 7.17. The number of amides is 4. The molecule has 2 N–H and O–H groups in total. The van der Waals surface area contributed by atoms with Crippen LogP contribution in [-0.2, 0) is 38.4 Å². The highest BCUT2D eigenvalue weighted by atomic mass is 32.1. The number of benzene rings is 4. The van der Waals surface area contributed by atoms with Gasteiger partial charge in [-0.25, -0.2) is 4.98 Å². The number of fused-ring (bicyclic) bond motifs is 1. The van der Waals surface area contributed by atoms with Crippen LogP contribution in [0.15, 0.2) is 90.4 Å². The van der Waals surface area contributed by atoms with Gasteiger partial charge in [0.25, 0.3) is 11.8 Å². The van der Waals surface area contributed by atoms with Gasteiger partial charge in [-0.1, -0.05) is 44.2 Å². The number of thiocarbonyl (C=S) groups is 1. The highest BCUT2D eigenvalue weighted by Crippen LogP contribution is 2.40. The lowest BCUT2D eigenvalue weighted by Gasteiger charge is -2.35. The van der Waals surface area contributed by atoms with Crippen LogP contribution in [-0.4, -0.2) is 105 Å². The van der Waals surface area contributed by atoms with Crippen molar-refractivity contribution in [3.63, 3.8) is 0 Å². The van der Waals surface area contributed by atoms with Gasteiger partial charge in [-0.05, 0) is 117 Å². The van der Waals surface area contributed by atoms with Crippen LogP contribution >= 0.6 is 23.6 Å². The Morgan fingerprint density at radius 3 is 2.36 bits per heavy atom. The van der Waals surface area contributed by atoms with Gasteiger partial charge in [-0.3, -0.25) is 24.1 Å². The lowest BCUT2D eigenvalue weighted by molar-refractivity contribution is -0.143. The zero-order chi connectivity index (χ0) is 53.8. The van der Waals surface area contributed by atoms with Gasteiger partial charge >= 0.3 is 6.18 Å². The van der Waals surface area contributed by atoms with Crippen LogP contribution in [0.3, 0.4) is 0 Å². The van der Waals surface area contributed by atoms with Gasteiger partial charge in [0.05, 0.1) is 58.3 Å². The second-order valence-corrected chi connectivity index (χ2v) is 20.7. The van der Waals surface area contributed by atoms with Crippen LogP contribution < -0.4 is 24.6 Å². The zero-order valence-corrected chi connectivity index (χ0v) is 43.8. The van der Waals surface area contributed by atoms with Gasteiger partial charge in [0, 0.05) is 62.5 Å². The molecule has 4 amide bonds. The fraction of sp³-hybridized carbons (Fsp3) is 0.400. The Kier molecular flexibility index (Phi) is 16.6. The molecule has 2 saturated heterocycles. The molecule has 4 heterocycles. The number of unbranched alkanes of at least 4 members (excludes halogenated alkanes) is 1. The number of carbonyl (C=O) groups is 4. The topological polar surface area (TPSA) is 178 Å². The maximum absolute atomic E-state index is 14.3. The second kappa shape index (κ2) is 22.9. The summed E-state index contributed by atoms with van der Waals surface area (Å²) < 4.78 is 59.4. The molecule has 394 valence electrons. The van der Waals surface area contributed by atoms with Gasteiger partial charge in [-0.15, -0.1) is 11.3 Å². The van der Waals surface area contributed by atoms with E-state index in [0.717, 1.165) is 44.3 Å². The van der Waals surface area contributed by atoms with Crippen molar-refractivity contribution in [3.05, 3.63) is 124 Å². The van der Waals surface area contributed by atoms with Gasteiger partial charge < -0.3 is 39.3 Å². The lowest BCUT2D eigenvalue weighted by Crippen LogP contribution is -2.55. The van der Waals surface area contributed by atoms with E-state index >= 15 is 0 Å². The molecule has 5 aromatic rings. The molecular weight excluding hydrogens is 1010 g/mol. The number of ether oxygens (including phenoxy) is 3. The van der Waals surface area contributed by atoms with Crippen molar-refractivity contribution < 1.29 is 51.7 Å². The number of aromatic nitrogens is 1. The molecule has 0 bridgehead atoms. The van der Waals surface area contributed by atoms with E-state index in [-0.39, 0.29) is 48.0 Å². The summed E-state index contributed by atoms with van der Waals surface area (Å²) in [6.07, 6.45) is -3.64. The van der Waals surface area contributed by atoms with Crippen molar-refractivity contribution in [2.45, 2.75) is 103 Å². The maximum Gasteiger partial charge on any atom is 0.417 e. The van der Waals surface area contributed by atoms with Crippen LogP contribution in [0, 0.1) is 24.2 Å². The number of hydrogen-bond donors (Lipinski definition) is 2. The molecule has 20 heteroatoms. The van der Waals surface area contributed by atoms with E-state index in [4.69, 9.17) is 26.4 Å². The molecule has 2 fully saturated rings. The predicted octanol–water partition coefficient (Wildman–Crippen LogP) is 8.83. The smallest absolute Gasteiger partial charge is 0.417 e. The van der Waals surface area contributed by atoms with E-state index in [1.807, 2.05) is 51.1 Å². The third-order valence-electron chi connectivity index (χ3n) is 13.6. The van der Waals surface area contributed by atoms with Crippen molar-refractivity contribution in [2.75, 3.05) is 42.8 Å². The second-order valence-electron chi connectivity index (χ2n) is 19.5. The SMILES string of the molecule is Cc1ncsc1-c1ccc(CNC(=O)[C@@H]2C[C@@H](O)CN2C(=O)[C@H](C(C)C)N2Cc3ccccc3C2=O)c(OCCCCOCCCOc2ccc(N3C(=S)N(c4ccc(C#N)c(C(F)(F)F)c4)C(=O)C3(C)C)cc2)c1. The number of likely N-dealkylation sites (tertiary alicyclic amines) is 1. The Morgan fingerprint density at radius 1 is 0.960 bits per heavy atom. The molecule has 4 aromatic carbocycles. The number of nitrogens with one attached hydrogen (secondary N) is 1. The Morgan fingerprint density at radius 2 is 1.67 bits per heavy atom. The van der Waals surface area contributed by atoms with Crippen LogP contribution in [0.4, 0.5) is 24.5 Å². The number of nitriles is 1. The summed E-state index contributed by atoms with van der Waals surface area (Å²) in [5, 5.41) is 23.0. The average Bonchev–Trinajstić information content (AvgIpc) is 4.14. The molecule has 3 aliphatic heterocycles. The molecule has 1 aromatic heterocycles. The van der Waals surface area contributed by atoms with E-state index in [1.165, 1.54) is 22.3 Å². The van der Waals surface area contributed by atoms with Crippen LogP contribution in [0.2, 0.25) is 0 Å². The quantitative estimate of drug-likeness (QED) is 0.0560. The fourth-order valence-electron chi connectivity index (χ4n) is 9.70. The number of carbonyl (C=O) groups excluding carboxylic acids is 4. The van der Waals surface area contributed by atoms with Gasteiger partial charge in [-0.2, -0.15) is 18.4 Å². The normalized spacial score (nSPS) is 17.7. The molecule has 0 spiro atoms. The van der Waals surface area contributed by atoms with E-state index in [9.17, 15) is 42.7 Å². The minimum atomic E-state index is -4.81. The number of rotatable bonds is 20. The monoisotopic (exact) mass is 1070 g/mol. The molecule has 0 unspecified atom stereocenters. The Bertz CT molecular complexity index is 3000. The van der Waals surface area contributed by atoms with Crippen molar-refractivity contribution in [3.8, 4) is 28.0 Å². The van der Waals surface area contributed by atoms with Gasteiger partial charge in [0.1, 0.15) is 29.1 Å². The molecule has 8 rings (SSSR count).